The molecule has 3 aromatic rings. The van der Waals surface area contributed by atoms with Gasteiger partial charge in [0.25, 0.3) is 0 Å². The third-order valence-electron chi connectivity index (χ3n) is 4.87. The highest BCUT2D eigenvalue weighted by molar-refractivity contribution is 5.53. The first-order valence-corrected chi connectivity index (χ1v) is 8.90. The van der Waals surface area contributed by atoms with Crippen molar-refractivity contribution in [1.29, 1.82) is 0 Å². The summed E-state index contributed by atoms with van der Waals surface area (Å²) in [6.45, 7) is 0. The fourth-order valence-corrected chi connectivity index (χ4v) is 3.22. The van der Waals surface area contributed by atoms with Gasteiger partial charge in [-0.25, -0.2) is 0 Å². The Balaban J connectivity index is 2.14. The third-order valence-corrected chi connectivity index (χ3v) is 4.87. The van der Waals surface area contributed by atoms with Gasteiger partial charge >= 0.3 is 0 Å². The molecule has 3 rings (SSSR count). The van der Waals surface area contributed by atoms with Crippen molar-refractivity contribution in [3.63, 3.8) is 0 Å². The number of quaternary nitrogens is 1. The maximum absolute atomic E-state index is 11.9. The predicted octanol–water partition coefficient (Wildman–Crippen LogP) is 2.81. The number of hydrogen-bond donors (Lipinski definition) is 2. The Labute approximate surface area is 156 Å². The number of benzene rings is 3. The summed E-state index contributed by atoms with van der Waals surface area (Å²) in [4.78, 5) is 3.31. The van der Waals surface area contributed by atoms with Crippen LogP contribution in [0.5, 0.6) is 0 Å². The molecule has 3 nitrogen and oxygen atoms in total. The van der Waals surface area contributed by atoms with Crippen molar-refractivity contribution in [3.05, 3.63) is 95.6 Å². The van der Waals surface area contributed by atoms with Gasteiger partial charge < -0.3 is 14.9 Å². The van der Waals surface area contributed by atoms with Gasteiger partial charge in [-0.05, 0) is 53.1 Å². The van der Waals surface area contributed by atoms with Crippen LogP contribution in [0.4, 0.5) is 11.4 Å². The zero-order chi connectivity index (χ0) is 18.7. The van der Waals surface area contributed by atoms with E-state index in [9.17, 15) is 5.11 Å². The van der Waals surface area contributed by atoms with Gasteiger partial charge in [0.2, 0.25) is 0 Å². The van der Waals surface area contributed by atoms with Gasteiger partial charge in [0.15, 0.2) is 0 Å². The molecular weight excluding hydrogens is 320 g/mol. The maximum atomic E-state index is 11.9. The molecule has 0 aliphatic carbocycles. The highest BCUT2D eigenvalue weighted by Crippen LogP contribution is 2.37. The Kier molecular flexibility index (Phi) is 5.12. The Bertz CT molecular complexity index is 786. The average molecular weight is 347 g/mol. The van der Waals surface area contributed by atoms with E-state index in [-0.39, 0.29) is 0 Å². The lowest BCUT2D eigenvalue weighted by atomic mass is 9.80. The van der Waals surface area contributed by atoms with E-state index in [0.717, 1.165) is 22.4 Å². The number of rotatable bonds is 5. The second kappa shape index (κ2) is 7.32. The lowest BCUT2D eigenvalue weighted by Crippen LogP contribution is -3.00. The molecule has 26 heavy (non-hydrogen) atoms. The highest BCUT2D eigenvalue weighted by Gasteiger charge is 2.33. The standard InChI is InChI=1S/C23H26N2O/c1-24(2)21-14-10-19(11-15-21)23(26,18-8-6-5-7-9-18)20-12-16-22(17-13-20)25(3)4/h5-17,26H,1-4H3/p+1. The van der Waals surface area contributed by atoms with E-state index >= 15 is 0 Å². The summed E-state index contributed by atoms with van der Waals surface area (Å²) in [5, 5.41) is 11.9. The van der Waals surface area contributed by atoms with E-state index < -0.39 is 5.60 Å². The normalized spacial score (nSPS) is 13.5. The van der Waals surface area contributed by atoms with Crippen LogP contribution in [0.1, 0.15) is 16.7 Å². The summed E-state index contributed by atoms with van der Waals surface area (Å²) in [7, 11) is 8.22. The molecule has 0 fully saturated rings. The van der Waals surface area contributed by atoms with Crippen molar-refractivity contribution in [3.8, 4) is 0 Å². The minimum Gasteiger partial charge on any atom is -0.378 e. The van der Waals surface area contributed by atoms with Crippen molar-refractivity contribution >= 4 is 11.4 Å². The molecule has 0 radical (unpaired) electrons. The Morgan fingerprint density at radius 3 is 1.62 bits per heavy atom. The van der Waals surface area contributed by atoms with Gasteiger partial charge in [0, 0.05) is 19.8 Å². The summed E-state index contributed by atoms with van der Waals surface area (Å²) in [5.41, 5.74) is 3.70. The lowest BCUT2D eigenvalue weighted by molar-refractivity contribution is -0.786. The fourth-order valence-electron chi connectivity index (χ4n) is 3.22. The van der Waals surface area contributed by atoms with Gasteiger partial charge in [0.1, 0.15) is 11.3 Å². The van der Waals surface area contributed by atoms with Crippen LogP contribution in [0, 0.1) is 0 Å². The first-order chi connectivity index (χ1) is 12.4. The van der Waals surface area contributed by atoms with E-state index in [1.807, 2.05) is 80.8 Å². The molecule has 134 valence electrons. The zero-order valence-corrected chi connectivity index (χ0v) is 15.9. The monoisotopic (exact) mass is 347 g/mol. The van der Waals surface area contributed by atoms with Crippen LogP contribution >= 0.6 is 0 Å². The molecule has 0 bridgehead atoms. The van der Waals surface area contributed by atoms with Crippen LogP contribution in [0.2, 0.25) is 0 Å². The number of anilines is 1. The predicted molar refractivity (Wildman–Crippen MR) is 108 cm³/mol. The van der Waals surface area contributed by atoms with E-state index in [1.54, 1.807) is 0 Å². The van der Waals surface area contributed by atoms with Gasteiger partial charge in [-0.2, -0.15) is 0 Å². The Morgan fingerprint density at radius 2 is 1.15 bits per heavy atom. The van der Waals surface area contributed by atoms with Crippen LogP contribution in [-0.4, -0.2) is 33.3 Å². The van der Waals surface area contributed by atoms with Gasteiger partial charge in [-0.15, -0.1) is 0 Å². The summed E-state index contributed by atoms with van der Waals surface area (Å²) < 4.78 is 0. The number of nitrogens with zero attached hydrogens (tertiary/aromatic N) is 1. The van der Waals surface area contributed by atoms with Gasteiger partial charge in [0.05, 0.1) is 14.1 Å². The number of nitrogens with one attached hydrogen (secondary N) is 1. The molecule has 0 aromatic heterocycles. The zero-order valence-electron chi connectivity index (χ0n) is 15.9. The Hall–Kier alpha value is -2.62. The Morgan fingerprint density at radius 1 is 0.692 bits per heavy atom. The topological polar surface area (TPSA) is 27.9 Å². The maximum Gasteiger partial charge on any atom is 0.140 e. The first-order valence-electron chi connectivity index (χ1n) is 8.90. The van der Waals surface area contributed by atoms with Crippen molar-refractivity contribution in [2.45, 2.75) is 5.60 Å². The molecule has 3 aromatic carbocycles. The molecule has 3 heteroatoms. The molecule has 0 amide bonds. The van der Waals surface area contributed by atoms with Gasteiger partial charge in [-0.3, -0.25) is 0 Å². The van der Waals surface area contributed by atoms with Crippen molar-refractivity contribution in [2.75, 3.05) is 33.1 Å². The largest absolute Gasteiger partial charge is 0.378 e. The van der Waals surface area contributed by atoms with Crippen molar-refractivity contribution in [1.82, 2.24) is 0 Å². The SMILES string of the molecule is CN(C)c1ccc(C(O)(c2ccccc2)c2ccc([NH+](C)C)cc2)cc1. The number of hydrogen-bond acceptors (Lipinski definition) is 2. The minimum absolute atomic E-state index is 0.860. The summed E-state index contributed by atoms with van der Waals surface area (Å²) in [6.07, 6.45) is 0. The molecular formula is C23H27N2O+. The molecule has 0 saturated heterocycles. The van der Waals surface area contributed by atoms with Crippen LogP contribution < -0.4 is 9.80 Å². The van der Waals surface area contributed by atoms with Crippen molar-refractivity contribution < 1.29 is 10.0 Å². The van der Waals surface area contributed by atoms with E-state index in [1.165, 1.54) is 10.6 Å². The average Bonchev–Trinajstić information content (AvgIpc) is 2.68. The van der Waals surface area contributed by atoms with Gasteiger partial charge in [-0.1, -0.05) is 42.5 Å². The highest BCUT2D eigenvalue weighted by atomic mass is 16.3. The summed E-state index contributed by atoms with van der Waals surface area (Å²) >= 11 is 0. The molecule has 1 atom stereocenters. The molecule has 0 heterocycles. The molecule has 2 N–H and O–H groups in total. The van der Waals surface area contributed by atoms with Crippen LogP contribution in [0.15, 0.2) is 78.9 Å². The number of aliphatic hydroxyl groups is 1. The second-order valence-corrected chi connectivity index (χ2v) is 7.10. The lowest BCUT2D eigenvalue weighted by Gasteiger charge is -2.30. The molecule has 0 aliphatic heterocycles. The minimum atomic E-state index is -1.19. The molecule has 0 spiro atoms. The fraction of sp³-hybridized carbons (Fsp3) is 0.217. The molecule has 1 unspecified atom stereocenters. The summed E-state index contributed by atoms with van der Waals surface area (Å²) in [5.74, 6) is 0. The summed E-state index contributed by atoms with van der Waals surface area (Å²) in [6, 6.07) is 26.2. The third kappa shape index (κ3) is 3.36. The quantitative estimate of drug-likeness (QED) is 0.695. The van der Waals surface area contributed by atoms with Crippen LogP contribution in [-0.2, 0) is 5.60 Å². The molecule has 0 saturated carbocycles. The second-order valence-electron chi connectivity index (χ2n) is 7.10. The van der Waals surface area contributed by atoms with Crippen molar-refractivity contribution in [2.24, 2.45) is 0 Å². The first kappa shape index (κ1) is 18.2. The van der Waals surface area contributed by atoms with Crippen LogP contribution in [0.25, 0.3) is 0 Å². The van der Waals surface area contributed by atoms with E-state index in [4.69, 9.17) is 0 Å². The smallest absolute Gasteiger partial charge is 0.140 e. The molecule has 0 aliphatic rings. The van der Waals surface area contributed by atoms with E-state index in [0.29, 0.717) is 0 Å². The van der Waals surface area contributed by atoms with E-state index in [2.05, 4.69) is 31.1 Å². The van der Waals surface area contributed by atoms with Crippen LogP contribution in [0.3, 0.4) is 0 Å².